The summed E-state index contributed by atoms with van der Waals surface area (Å²) in [6.45, 7) is 9.20. The van der Waals surface area contributed by atoms with Gasteiger partial charge < -0.3 is 0 Å². The van der Waals surface area contributed by atoms with Crippen molar-refractivity contribution in [1.82, 2.24) is 0 Å². The quantitative estimate of drug-likeness (QED) is 0.445. The number of benzene rings is 3. The maximum absolute atomic E-state index is 6.04. The molecule has 3 aromatic rings. The molecular formula is C25H26BiNO. The van der Waals surface area contributed by atoms with E-state index in [2.05, 4.69) is 100 Å². The number of hydrogen-bond donors (Lipinski definition) is 0. The van der Waals surface area contributed by atoms with Crippen LogP contribution in [-0.2, 0) is 4.74 Å². The van der Waals surface area contributed by atoms with E-state index in [0.717, 1.165) is 5.90 Å². The number of hydrogen-bond acceptors (Lipinski definition) is 2. The molecule has 3 aromatic carbocycles. The molecule has 0 unspecified atom stereocenters. The van der Waals surface area contributed by atoms with Gasteiger partial charge in [0.1, 0.15) is 0 Å². The molecule has 28 heavy (non-hydrogen) atoms. The van der Waals surface area contributed by atoms with Gasteiger partial charge in [-0.2, -0.15) is 0 Å². The second kappa shape index (κ2) is 7.80. The summed E-state index contributed by atoms with van der Waals surface area (Å²) in [5.41, 5.74) is 3.62. The molecule has 0 saturated heterocycles. The number of ether oxygens (including phenoxy) is 1. The Hall–Kier alpha value is -1.99. The van der Waals surface area contributed by atoms with Gasteiger partial charge in [0.25, 0.3) is 0 Å². The van der Waals surface area contributed by atoms with E-state index in [1.165, 1.54) is 26.5 Å². The first-order chi connectivity index (χ1) is 13.4. The van der Waals surface area contributed by atoms with E-state index in [1.54, 1.807) is 0 Å². The Morgan fingerprint density at radius 2 is 1.32 bits per heavy atom. The number of rotatable bonds is 4. The Morgan fingerprint density at radius 3 is 1.82 bits per heavy atom. The first-order valence-corrected chi connectivity index (χ1v) is 14.9. The second-order valence-corrected chi connectivity index (χ2v) is 16.5. The molecular weight excluding hydrogens is 539 g/mol. The Bertz CT molecular complexity index is 958. The van der Waals surface area contributed by atoms with Crippen LogP contribution in [-0.4, -0.2) is 39.8 Å². The molecule has 0 radical (unpaired) electrons. The molecule has 0 aromatic heterocycles. The maximum atomic E-state index is 6.04. The molecule has 0 fully saturated rings. The summed E-state index contributed by atoms with van der Waals surface area (Å²) >= 11 is -2.48. The van der Waals surface area contributed by atoms with E-state index in [-0.39, 0.29) is 5.54 Å². The third-order valence-corrected chi connectivity index (χ3v) is 14.6. The molecule has 142 valence electrons. The zero-order valence-electron chi connectivity index (χ0n) is 16.9. The summed E-state index contributed by atoms with van der Waals surface area (Å²) in [6, 6.07) is 27.0. The van der Waals surface area contributed by atoms with Crippen molar-refractivity contribution in [3.63, 3.8) is 0 Å². The van der Waals surface area contributed by atoms with E-state index in [4.69, 9.17) is 9.73 Å². The molecule has 1 aliphatic rings. The molecule has 1 heterocycles. The summed E-state index contributed by atoms with van der Waals surface area (Å²) in [5.74, 6) is 0.805. The summed E-state index contributed by atoms with van der Waals surface area (Å²) in [5, 5.41) is 0. The van der Waals surface area contributed by atoms with Crippen LogP contribution in [0.2, 0.25) is 0 Å². The van der Waals surface area contributed by atoms with Gasteiger partial charge in [0.05, 0.1) is 0 Å². The van der Waals surface area contributed by atoms with Gasteiger partial charge >= 0.3 is 177 Å². The first-order valence-electron chi connectivity index (χ1n) is 9.68. The van der Waals surface area contributed by atoms with Crippen LogP contribution in [0.4, 0.5) is 0 Å². The Balaban J connectivity index is 1.88. The van der Waals surface area contributed by atoms with Gasteiger partial charge in [0.15, 0.2) is 0 Å². The van der Waals surface area contributed by atoms with E-state index < -0.39 is 21.8 Å². The van der Waals surface area contributed by atoms with Crippen molar-refractivity contribution in [1.29, 1.82) is 0 Å². The summed E-state index contributed by atoms with van der Waals surface area (Å²) in [6.07, 6.45) is 0. The van der Waals surface area contributed by atoms with Crippen LogP contribution in [0.5, 0.6) is 0 Å². The van der Waals surface area contributed by atoms with Gasteiger partial charge in [-0.15, -0.1) is 0 Å². The molecule has 1 aliphatic heterocycles. The van der Waals surface area contributed by atoms with Crippen molar-refractivity contribution in [3.8, 4) is 0 Å². The normalized spacial score (nSPS) is 15.4. The molecule has 0 aliphatic carbocycles. The van der Waals surface area contributed by atoms with Gasteiger partial charge in [-0.1, -0.05) is 0 Å². The standard InChI is InChI=1S/C11H12NO.2C7H7.Bi/c1-11(2)8-13-10(12-11)9-6-4-3-5-7-9;2*1-7-5-3-2-4-6-7;/h3-6H,8H2,1-2H3;2*3-6H,1H3;. The summed E-state index contributed by atoms with van der Waals surface area (Å²) in [7, 11) is 0. The fraction of sp³-hybridized carbons (Fsp3) is 0.240. The third kappa shape index (κ3) is 4.05. The molecule has 0 spiro atoms. The molecule has 4 rings (SSSR count). The van der Waals surface area contributed by atoms with Gasteiger partial charge in [-0.05, 0) is 0 Å². The first kappa shape index (κ1) is 19.3. The molecule has 0 saturated carbocycles. The number of aliphatic imine (C=N–C) groups is 1. The Morgan fingerprint density at radius 1 is 0.786 bits per heavy atom. The SMILES string of the molecule is Cc1cc[c]([Bi]([c]2ccc(C)cc2)[c]2ccccc2C2=NC(C)(C)CO2)cc1. The van der Waals surface area contributed by atoms with Crippen molar-refractivity contribution in [2.45, 2.75) is 33.2 Å². The van der Waals surface area contributed by atoms with Crippen molar-refractivity contribution >= 4 is 37.5 Å². The predicted molar refractivity (Wildman–Crippen MR) is 120 cm³/mol. The van der Waals surface area contributed by atoms with E-state index in [0.29, 0.717) is 6.61 Å². The minimum atomic E-state index is -2.48. The molecule has 2 nitrogen and oxygen atoms in total. The number of aryl methyl sites for hydroxylation is 2. The third-order valence-electron chi connectivity index (χ3n) is 4.93. The van der Waals surface area contributed by atoms with Gasteiger partial charge in [0.2, 0.25) is 0 Å². The van der Waals surface area contributed by atoms with Crippen molar-refractivity contribution in [2.24, 2.45) is 4.99 Å². The zero-order valence-corrected chi connectivity index (χ0v) is 20.4. The van der Waals surface area contributed by atoms with Crippen LogP contribution in [0.1, 0.15) is 30.5 Å². The van der Waals surface area contributed by atoms with Crippen LogP contribution in [0.15, 0.2) is 77.8 Å². The molecule has 0 N–H and O–H groups in total. The zero-order chi connectivity index (χ0) is 19.7. The fourth-order valence-corrected chi connectivity index (χ4v) is 12.7. The minimum absolute atomic E-state index is 0.152. The summed E-state index contributed by atoms with van der Waals surface area (Å²) in [4.78, 5) is 4.88. The van der Waals surface area contributed by atoms with Crippen molar-refractivity contribution in [3.05, 3.63) is 89.5 Å². The van der Waals surface area contributed by atoms with E-state index >= 15 is 0 Å². The monoisotopic (exact) mass is 565 g/mol. The van der Waals surface area contributed by atoms with Crippen LogP contribution in [0, 0.1) is 13.8 Å². The van der Waals surface area contributed by atoms with E-state index in [9.17, 15) is 0 Å². The van der Waals surface area contributed by atoms with Crippen LogP contribution in [0.25, 0.3) is 0 Å². The van der Waals surface area contributed by atoms with Gasteiger partial charge in [0, 0.05) is 0 Å². The topological polar surface area (TPSA) is 21.6 Å². The molecule has 0 bridgehead atoms. The van der Waals surface area contributed by atoms with Crippen LogP contribution < -0.4 is 9.81 Å². The Labute approximate surface area is 176 Å². The van der Waals surface area contributed by atoms with Crippen LogP contribution in [0.3, 0.4) is 0 Å². The molecule has 0 amide bonds. The van der Waals surface area contributed by atoms with Gasteiger partial charge in [-0.3, -0.25) is 0 Å². The predicted octanol–water partition coefficient (Wildman–Crippen LogP) is 3.38. The molecule has 0 atom stereocenters. The average Bonchev–Trinajstić information content (AvgIpc) is 3.05. The van der Waals surface area contributed by atoms with Gasteiger partial charge in [-0.25, -0.2) is 0 Å². The van der Waals surface area contributed by atoms with Crippen LogP contribution >= 0.6 is 0 Å². The Kier molecular flexibility index (Phi) is 5.38. The van der Waals surface area contributed by atoms with E-state index in [1.807, 2.05) is 0 Å². The second-order valence-electron chi connectivity index (χ2n) is 8.04. The average molecular weight is 565 g/mol. The fourth-order valence-electron chi connectivity index (χ4n) is 3.39. The molecule has 3 heteroatoms. The summed E-state index contributed by atoms with van der Waals surface area (Å²) < 4.78 is 10.4. The van der Waals surface area contributed by atoms with Crippen molar-refractivity contribution in [2.75, 3.05) is 6.61 Å². The number of nitrogens with zero attached hydrogens (tertiary/aromatic N) is 1. The van der Waals surface area contributed by atoms with Crippen molar-refractivity contribution < 1.29 is 4.74 Å².